The molecule has 2 aliphatic rings. The summed E-state index contributed by atoms with van der Waals surface area (Å²) >= 11 is 0. The lowest BCUT2D eigenvalue weighted by molar-refractivity contribution is -0.374. The van der Waals surface area contributed by atoms with E-state index in [0.29, 0.717) is 32.1 Å². The van der Waals surface area contributed by atoms with Crippen molar-refractivity contribution in [2.75, 3.05) is 0 Å². The van der Waals surface area contributed by atoms with Crippen LogP contribution in [0.1, 0.15) is 93.9 Å². The standard InChI is InChI=1S/C20H30F6O3.C12H15F9O3/c1-10(2)6-14(9-18(28,19(21,22)23)20(24,25)26)29-16(27)17(5)8-13-7-15(17)12(4)11(13)3;1-4-8(3,10(13,14)15)7(22)24-6(2)5-9(23,11(16,17)18)12(19,20)21/h10-15,28H,6-9H2,1-5H3;6,23H,4-5H2,1-3H3. The van der Waals surface area contributed by atoms with Crippen LogP contribution in [0.5, 0.6) is 0 Å². The van der Waals surface area contributed by atoms with E-state index in [2.05, 4.69) is 11.7 Å². The van der Waals surface area contributed by atoms with Crippen molar-refractivity contribution in [3.05, 3.63) is 0 Å². The van der Waals surface area contributed by atoms with Crippen molar-refractivity contribution >= 4 is 11.9 Å². The topological polar surface area (TPSA) is 93.1 Å². The molecule has 0 heterocycles. The van der Waals surface area contributed by atoms with Gasteiger partial charge in [-0.15, -0.1) is 0 Å². The Morgan fingerprint density at radius 3 is 1.45 bits per heavy atom. The molecule has 0 aromatic heterocycles. The quantitative estimate of drug-likeness (QED) is 0.160. The van der Waals surface area contributed by atoms with E-state index in [-0.39, 0.29) is 24.2 Å². The highest BCUT2D eigenvalue weighted by atomic mass is 19.4. The van der Waals surface area contributed by atoms with Crippen LogP contribution in [0, 0.1) is 40.4 Å². The second kappa shape index (κ2) is 15.7. The number of esters is 2. The summed E-state index contributed by atoms with van der Waals surface area (Å²) in [5.74, 6) is -2.22. The molecule has 2 rings (SSSR count). The highest BCUT2D eigenvalue weighted by Crippen LogP contribution is 2.61. The molecule has 2 saturated carbocycles. The minimum atomic E-state index is -6.16. The third-order valence-corrected chi connectivity index (χ3v) is 10.8. The number of ether oxygens (including phenoxy) is 2. The van der Waals surface area contributed by atoms with Gasteiger partial charge in [0.25, 0.3) is 11.2 Å². The lowest BCUT2D eigenvalue weighted by Gasteiger charge is -2.40. The molecule has 2 N–H and O–H groups in total. The molecule has 0 aromatic carbocycles. The van der Waals surface area contributed by atoms with Gasteiger partial charge >= 0.3 is 42.8 Å². The molecule has 8 unspecified atom stereocenters. The molecule has 314 valence electrons. The number of hydrogen-bond donors (Lipinski definition) is 2. The van der Waals surface area contributed by atoms with Crippen LogP contribution in [0.25, 0.3) is 0 Å². The molecule has 0 aromatic rings. The molecule has 21 heteroatoms. The summed E-state index contributed by atoms with van der Waals surface area (Å²) in [4.78, 5) is 24.5. The fourth-order valence-corrected chi connectivity index (χ4v) is 6.92. The van der Waals surface area contributed by atoms with Gasteiger partial charge in [-0.1, -0.05) is 34.6 Å². The van der Waals surface area contributed by atoms with Crippen molar-refractivity contribution in [1.29, 1.82) is 0 Å². The van der Waals surface area contributed by atoms with Crippen LogP contribution in [0.15, 0.2) is 0 Å². The third-order valence-electron chi connectivity index (χ3n) is 10.8. The highest BCUT2D eigenvalue weighted by molar-refractivity contribution is 5.78. The Morgan fingerprint density at radius 2 is 1.13 bits per heavy atom. The molecule has 2 aliphatic carbocycles. The van der Waals surface area contributed by atoms with E-state index in [4.69, 9.17) is 9.84 Å². The Hall–Kier alpha value is -2.19. The lowest BCUT2D eigenvalue weighted by atomic mass is 9.67. The number of rotatable bonds is 11. The maximum Gasteiger partial charge on any atom is 0.426 e. The van der Waals surface area contributed by atoms with E-state index in [1.165, 1.54) is 0 Å². The lowest BCUT2D eigenvalue weighted by Crippen LogP contribution is -2.59. The van der Waals surface area contributed by atoms with E-state index < -0.39 is 96.3 Å². The minimum Gasteiger partial charge on any atom is -0.462 e. The van der Waals surface area contributed by atoms with Gasteiger partial charge in [0.2, 0.25) is 0 Å². The summed E-state index contributed by atoms with van der Waals surface area (Å²) in [5, 5.41) is 18.5. The van der Waals surface area contributed by atoms with E-state index in [9.17, 15) is 80.6 Å². The van der Waals surface area contributed by atoms with Crippen molar-refractivity contribution in [3.63, 3.8) is 0 Å². The predicted octanol–water partition coefficient (Wildman–Crippen LogP) is 9.65. The molecule has 53 heavy (non-hydrogen) atoms. The van der Waals surface area contributed by atoms with Crippen LogP contribution in [-0.2, 0) is 19.1 Å². The van der Waals surface area contributed by atoms with Crippen molar-refractivity contribution < 1.29 is 95.1 Å². The van der Waals surface area contributed by atoms with Gasteiger partial charge < -0.3 is 19.7 Å². The van der Waals surface area contributed by atoms with Gasteiger partial charge in [0.15, 0.2) is 5.41 Å². The first-order valence-corrected chi connectivity index (χ1v) is 16.5. The van der Waals surface area contributed by atoms with Crippen molar-refractivity contribution in [2.45, 2.75) is 148 Å². The molecular formula is C32H45F15O6. The largest absolute Gasteiger partial charge is 0.462 e. The first-order valence-electron chi connectivity index (χ1n) is 16.5. The molecule has 6 nitrogen and oxygen atoms in total. The van der Waals surface area contributed by atoms with Gasteiger partial charge in [0, 0.05) is 12.8 Å². The Labute approximate surface area is 296 Å². The van der Waals surface area contributed by atoms with Crippen LogP contribution in [0.4, 0.5) is 65.9 Å². The number of fused-ring (bicyclic) bond motifs is 2. The fraction of sp³-hybridized carbons (Fsp3) is 0.938. The Bertz CT molecular complexity index is 1230. The Kier molecular flexibility index (Phi) is 14.5. The van der Waals surface area contributed by atoms with Gasteiger partial charge in [-0.05, 0) is 76.0 Å². The van der Waals surface area contributed by atoms with Crippen molar-refractivity contribution in [1.82, 2.24) is 0 Å². The smallest absolute Gasteiger partial charge is 0.426 e. The number of alkyl halides is 15. The summed E-state index contributed by atoms with van der Waals surface area (Å²) in [6.45, 7) is 10.9. The van der Waals surface area contributed by atoms with Gasteiger partial charge in [0.05, 0.1) is 5.41 Å². The van der Waals surface area contributed by atoms with E-state index in [1.54, 1.807) is 20.8 Å². The SMILES string of the molecule is CC(C)CC(CC(O)(C(F)(F)F)C(F)(F)F)OC(=O)C1(C)CC2CC1C(C)C2C.CCC(C)(C(=O)OC(C)CC(O)(C(F)(F)F)C(F)(F)F)C(F)(F)F. The number of carbonyl (C=O) groups excluding carboxylic acids is 2. The summed E-state index contributed by atoms with van der Waals surface area (Å²) in [6.07, 6.45) is -37.0. The first-order chi connectivity index (χ1) is 23.3. The van der Waals surface area contributed by atoms with Crippen LogP contribution in [0.2, 0.25) is 0 Å². The number of hydrogen-bond acceptors (Lipinski definition) is 6. The predicted molar refractivity (Wildman–Crippen MR) is 155 cm³/mol. The first kappa shape index (κ1) is 48.8. The summed E-state index contributed by atoms with van der Waals surface area (Å²) in [6, 6.07) is 0. The van der Waals surface area contributed by atoms with Crippen LogP contribution >= 0.6 is 0 Å². The van der Waals surface area contributed by atoms with Crippen molar-refractivity contribution in [3.8, 4) is 0 Å². The second-order valence-corrected chi connectivity index (χ2v) is 15.1. The third kappa shape index (κ3) is 9.98. The summed E-state index contributed by atoms with van der Waals surface area (Å²) < 4.78 is 201. The van der Waals surface area contributed by atoms with Gasteiger partial charge in [-0.25, -0.2) is 0 Å². The monoisotopic (exact) mass is 810 g/mol. The zero-order valence-corrected chi connectivity index (χ0v) is 30.0. The molecule has 0 aliphatic heterocycles. The molecular weight excluding hydrogens is 765 g/mol. The molecule has 8 atom stereocenters. The van der Waals surface area contributed by atoms with Crippen molar-refractivity contribution in [2.24, 2.45) is 40.4 Å². The van der Waals surface area contributed by atoms with E-state index in [0.717, 1.165) is 13.3 Å². The summed E-state index contributed by atoms with van der Waals surface area (Å²) in [5.41, 5.74) is -14.2. The normalized spacial score (nSPS) is 26.8. The second-order valence-electron chi connectivity index (χ2n) is 15.1. The molecule has 2 fully saturated rings. The maximum atomic E-state index is 13.1. The van der Waals surface area contributed by atoms with Crippen LogP contribution < -0.4 is 0 Å². The zero-order valence-electron chi connectivity index (χ0n) is 30.0. The number of carbonyl (C=O) groups is 2. The summed E-state index contributed by atoms with van der Waals surface area (Å²) in [7, 11) is 0. The van der Waals surface area contributed by atoms with Crippen LogP contribution in [0.3, 0.4) is 0 Å². The molecule has 2 bridgehead atoms. The minimum absolute atomic E-state index is 0.0150. The molecule has 0 amide bonds. The van der Waals surface area contributed by atoms with Crippen LogP contribution in [-0.4, -0.2) is 76.4 Å². The van der Waals surface area contributed by atoms with Gasteiger partial charge in [0.1, 0.15) is 12.2 Å². The van der Waals surface area contributed by atoms with E-state index >= 15 is 0 Å². The molecule has 0 saturated heterocycles. The van der Waals surface area contributed by atoms with Gasteiger partial charge in [-0.3, -0.25) is 9.59 Å². The van der Waals surface area contributed by atoms with Gasteiger partial charge in [-0.2, -0.15) is 65.9 Å². The molecule has 0 spiro atoms. The maximum absolute atomic E-state index is 13.1. The average molecular weight is 811 g/mol. The number of aliphatic hydroxyl groups is 2. The zero-order chi connectivity index (χ0) is 42.4. The fourth-order valence-electron chi connectivity index (χ4n) is 6.92. The highest BCUT2D eigenvalue weighted by Gasteiger charge is 2.72. The molecule has 0 radical (unpaired) electrons. The Morgan fingerprint density at radius 1 is 0.717 bits per heavy atom. The number of halogens is 15. The Balaban J connectivity index is 0.000000541. The average Bonchev–Trinajstić information content (AvgIpc) is 3.43. The van der Waals surface area contributed by atoms with E-state index in [1.807, 2.05) is 6.92 Å².